The average Bonchev–Trinajstić information content (AvgIpc) is 3.05. The molecule has 2 rings (SSSR count). The van der Waals surface area contributed by atoms with E-state index < -0.39 is 22.2 Å². The number of ether oxygens (including phenoxy) is 1. The molecule has 0 radical (unpaired) electrons. The van der Waals surface area contributed by atoms with Crippen LogP contribution in [0.5, 0.6) is 0 Å². The molecule has 1 aromatic rings. The summed E-state index contributed by atoms with van der Waals surface area (Å²) in [4.78, 5) is 15.1. The Kier molecular flexibility index (Phi) is 9.42. The Morgan fingerprint density at radius 3 is 2.00 bits per heavy atom. The van der Waals surface area contributed by atoms with Crippen molar-refractivity contribution < 1.29 is 18.4 Å². The van der Waals surface area contributed by atoms with Crippen molar-refractivity contribution in [1.82, 2.24) is 4.90 Å². The predicted molar refractivity (Wildman–Crippen MR) is 156 cm³/mol. The van der Waals surface area contributed by atoms with E-state index in [1.165, 1.54) is 11.1 Å². The lowest BCUT2D eigenvalue weighted by molar-refractivity contribution is 0.0210. The molecule has 206 valence electrons. The van der Waals surface area contributed by atoms with Gasteiger partial charge in [0.25, 0.3) is 0 Å². The number of nitrogens with zero attached hydrogens (tertiary/aromatic N) is 1. The number of rotatable bonds is 7. The summed E-state index contributed by atoms with van der Waals surface area (Å²) in [5, 5.41) is 0.307. The van der Waals surface area contributed by atoms with Gasteiger partial charge in [0.05, 0.1) is 12.7 Å². The molecule has 1 amide bonds. The van der Waals surface area contributed by atoms with E-state index in [2.05, 4.69) is 92.0 Å². The van der Waals surface area contributed by atoms with E-state index in [-0.39, 0.29) is 28.3 Å². The van der Waals surface area contributed by atoms with E-state index >= 15 is 0 Å². The van der Waals surface area contributed by atoms with Crippen LogP contribution in [0.3, 0.4) is 0 Å². The Morgan fingerprint density at radius 2 is 1.47 bits per heavy atom. The summed E-state index contributed by atoms with van der Waals surface area (Å²) in [6.45, 7) is 29.7. The quantitative estimate of drug-likeness (QED) is 0.331. The van der Waals surface area contributed by atoms with Gasteiger partial charge in [-0.25, -0.2) is 4.79 Å². The lowest BCUT2D eigenvalue weighted by Crippen LogP contribution is -2.45. The van der Waals surface area contributed by atoms with Gasteiger partial charge in [-0.2, -0.15) is 0 Å². The predicted octanol–water partition coefficient (Wildman–Crippen LogP) is 8.15. The highest BCUT2D eigenvalue weighted by molar-refractivity contribution is 6.74. The largest absolute Gasteiger partial charge is 0.444 e. The number of likely N-dealkylation sites (tertiary alicyclic amines) is 1. The van der Waals surface area contributed by atoms with Gasteiger partial charge in [0.2, 0.25) is 0 Å². The fraction of sp³-hybridized carbons (Fsp3) is 0.759. The highest BCUT2D eigenvalue weighted by Crippen LogP contribution is 2.40. The molecule has 1 saturated heterocycles. The SMILES string of the molecule is CC(C)(C)OC(=O)N1C[C@H](O[Si](C)(C)C(C)(C)C)C[C@H]1Cc1cccc(CO[Si](C)(C)C(C)(C)C)c1. The lowest BCUT2D eigenvalue weighted by atomic mass is 10.0. The van der Waals surface area contributed by atoms with Crippen LogP contribution in [0, 0.1) is 0 Å². The van der Waals surface area contributed by atoms with Crippen LogP contribution in [0.15, 0.2) is 24.3 Å². The topological polar surface area (TPSA) is 48.0 Å². The molecule has 1 aliphatic heterocycles. The molecule has 1 heterocycles. The summed E-state index contributed by atoms with van der Waals surface area (Å²) in [6, 6.07) is 8.69. The molecule has 0 bridgehead atoms. The van der Waals surface area contributed by atoms with Gasteiger partial charge in [0.1, 0.15) is 5.60 Å². The number of hydrogen-bond acceptors (Lipinski definition) is 4. The average molecular weight is 536 g/mol. The molecule has 5 nitrogen and oxygen atoms in total. The maximum atomic E-state index is 13.2. The number of carbonyl (C=O) groups excluding carboxylic acids is 1. The molecule has 0 saturated carbocycles. The zero-order valence-corrected chi connectivity index (χ0v) is 27.4. The van der Waals surface area contributed by atoms with Gasteiger partial charge in [-0.05, 0) is 81.0 Å². The van der Waals surface area contributed by atoms with Gasteiger partial charge >= 0.3 is 6.09 Å². The van der Waals surface area contributed by atoms with E-state index in [1.807, 2.05) is 25.7 Å². The summed E-state index contributed by atoms with van der Waals surface area (Å²) < 4.78 is 19.0. The first-order chi connectivity index (χ1) is 16.1. The van der Waals surface area contributed by atoms with Gasteiger partial charge in [-0.3, -0.25) is 0 Å². The van der Waals surface area contributed by atoms with Crippen molar-refractivity contribution in [2.45, 2.75) is 136 Å². The fourth-order valence-corrected chi connectivity index (χ4v) is 6.21. The van der Waals surface area contributed by atoms with Gasteiger partial charge in [-0.15, -0.1) is 0 Å². The van der Waals surface area contributed by atoms with Crippen LogP contribution in [0.2, 0.25) is 36.3 Å². The summed E-state index contributed by atoms with van der Waals surface area (Å²) in [6.07, 6.45) is 1.40. The molecule has 1 fully saturated rings. The highest BCUT2D eigenvalue weighted by Gasteiger charge is 2.44. The van der Waals surface area contributed by atoms with Crippen LogP contribution < -0.4 is 0 Å². The van der Waals surface area contributed by atoms with E-state index in [1.54, 1.807) is 0 Å². The number of amides is 1. The van der Waals surface area contributed by atoms with E-state index in [4.69, 9.17) is 13.6 Å². The van der Waals surface area contributed by atoms with Crippen molar-refractivity contribution >= 4 is 22.7 Å². The second kappa shape index (κ2) is 10.9. The maximum Gasteiger partial charge on any atom is 0.410 e. The first kappa shape index (κ1) is 31.1. The van der Waals surface area contributed by atoms with Crippen molar-refractivity contribution in [3.63, 3.8) is 0 Å². The number of benzene rings is 1. The minimum atomic E-state index is -1.95. The summed E-state index contributed by atoms with van der Waals surface area (Å²) in [5.41, 5.74) is 1.88. The van der Waals surface area contributed by atoms with Gasteiger partial charge in [0.15, 0.2) is 16.6 Å². The Balaban J connectivity index is 2.20. The highest BCUT2D eigenvalue weighted by atomic mass is 28.4. The third-order valence-corrected chi connectivity index (χ3v) is 17.2. The minimum Gasteiger partial charge on any atom is -0.444 e. The van der Waals surface area contributed by atoms with Crippen molar-refractivity contribution in [2.75, 3.05) is 6.54 Å². The third kappa shape index (κ3) is 8.43. The third-order valence-electron chi connectivity index (χ3n) is 8.14. The molecule has 1 aromatic carbocycles. The molecule has 1 aliphatic rings. The number of carbonyl (C=O) groups is 1. The van der Waals surface area contributed by atoms with Crippen LogP contribution >= 0.6 is 0 Å². The summed E-state index contributed by atoms with van der Waals surface area (Å²) >= 11 is 0. The molecular weight excluding hydrogens is 482 g/mol. The Morgan fingerprint density at radius 1 is 0.917 bits per heavy atom. The van der Waals surface area contributed by atoms with Crippen molar-refractivity contribution in [3.05, 3.63) is 35.4 Å². The minimum absolute atomic E-state index is 0.0357. The van der Waals surface area contributed by atoms with Crippen LogP contribution in [-0.2, 0) is 26.6 Å². The van der Waals surface area contributed by atoms with Gasteiger partial charge < -0.3 is 18.5 Å². The summed E-state index contributed by atoms with van der Waals surface area (Å²) in [7, 11) is -3.77. The second-order valence-corrected chi connectivity index (χ2v) is 24.2. The molecule has 36 heavy (non-hydrogen) atoms. The monoisotopic (exact) mass is 535 g/mol. The smallest absolute Gasteiger partial charge is 0.410 e. The standard InChI is InChI=1S/C29H53NO4Si2/c1-27(2,3)33-26(31)30-20-25(34-36(12,13)29(7,8)9)19-24(30)18-22-15-14-16-23(17-22)21-32-35(10,11)28(4,5)6/h14-17,24-25H,18-21H2,1-13H3/t24-,25-/m1/s1. The lowest BCUT2D eigenvalue weighted by Gasteiger charge is -2.38. The fourth-order valence-electron chi connectivity index (χ4n) is 3.89. The maximum absolute atomic E-state index is 13.2. The first-order valence-corrected chi connectivity index (χ1v) is 19.3. The Labute approximate surface area is 223 Å². The molecule has 0 aromatic heterocycles. The van der Waals surface area contributed by atoms with E-state index in [9.17, 15) is 4.79 Å². The first-order valence-electron chi connectivity index (χ1n) is 13.5. The second-order valence-electron chi connectivity index (χ2n) is 14.6. The van der Waals surface area contributed by atoms with Crippen LogP contribution in [-0.4, -0.2) is 51.9 Å². The molecule has 0 unspecified atom stereocenters. The Bertz CT molecular complexity index is 894. The molecule has 0 spiro atoms. The van der Waals surface area contributed by atoms with E-state index in [0.29, 0.717) is 13.2 Å². The van der Waals surface area contributed by atoms with Crippen molar-refractivity contribution in [2.24, 2.45) is 0 Å². The van der Waals surface area contributed by atoms with Crippen molar-refractivity contribution in [3.8, 4) is 0 Å². The summed E-state index contributed by atoms with van der Waals surface area (Å²) in [5.74, 6) is 0. The van der Waals surface area contributed by atoms with Gasteiger partial charge in [-0.1, -0.05) is 65.8 Å². The molecule has 2 atom stereocenters. The zero-order valence-electron chi connectivity index (χ0n) is 25.4. The van der Waals surface area contributed by atoms with Crippen LogP contribution in [0.1, 0.15) is 79.9 Å². The van der Waals surface area contributed by atoms with Gasteiger partial charge in [0, 0.05) is 12.6 Å². The zero-order chi connectivity index (χ0) is 27.7. The molecular formula is C29H53NO4Si2. The molecule has 0 N–H and O–H groups in total. The van der Waals surface area contributed by atoms with Crippen LogP contribution in [0.25, 0.3) is 0 Å². The molecule has 7 heteroatoms. The van der Waals surface area contributed by atoms with Crippen molar-refractivity contribution in [1.29, 1.82) is 0 Å². The number of hydrogen-bond donors (Lipinski definition) is 0. The molecule has 0 aliphatic carbocycles. The van der Waals surface area contributed by atoms with E-state index in [0.717, 1.165) is 12.8 Å². The van der Waals surface area contributed by atoms with Crippen LogP contribution in [0.4, 0.5) is 4.79 Å². The normalized spacial score (nSPS) is 20.1. The Hall–Kier alpha value is -1.16.